The SMILES string of the molecule is CNC1CCN(c2nc3ccccc3cc2C)C1. The summed E-state index contributed by atoms with van der Waals surface area (Å²) in [4.78, 5) is 7.22. The minimum absolute atomic E-state index is 0.595. The molecule has 1 atom stereocenters. The first kappa shape index (κ1) is 11.5. The highest BCUT2D eigenvalue weighted by molar-refractivity contribution is 5.81. The van der Waals surface area contributed by atoms with Crippen LogP contribution >= 0.6 is 0 Å². The fraction of sp³-hybridized carbons (Fsp3) is 0.400. The van der Waals surface area contributed by atoms with Crippen LogP contribution in [0.1, 0.15) is 12.0 Å². The average Bonchev–Trinajstić information content (AvgIpc) is 2.86. The summed E-state index contributed by atoms with van der Waals surface area (Å²) in [5.74, 6) is 1.14. The van der Waals surface area contributed by atoms with Crippen molar-refractivity contribution >= 4 is 16.7 Å². The van der Waals surface area contributed by atoms with Crippen molar-refractivity contribution < 1.29 is 0 Å². The number of pyridine rings is 1. The average molecular weight is 241 g/mol. The normalized spacial score (nSPS) is 19.7. The number of hydrogen-bond donors (Lipinski definition) is 1. The number of benzene rings is 1. The molecule has 1 aromatic heterocycles. The molecule has 0 amide bonds. The van der Waals surface area contributed by atoms with E-state index in [9.17, 15) is 0 Å². The van der Waals surface area contributed by atoms with Gasteiger partial charge in [0.1, 0.15) is 5.82 Å². The van der Waals surface area contributed by atoms with Crippen molar-refractivity contribution in [1.29, 1.82) is 0 Å². The van der Waals surface area contributed by atoms with Gasteiger partial charge in [0.05, 0.1) is 5.52 Å². The topological polar surface area (TPSA) is 28.2 Å². The quantitative estimate of drug-likeness (QED) is 0.874. The molecule has 94 valence electrons. The lowest BCUT2D eigenvalue weighted by Gasteiger charge is -2.20. The number of fused-ring (bicyclic) bond motifs is 1. The van der Waals surface area contributed by atoms with Crippen molar-refractivity contribution in [2.45, 2.75) is 19.4 Å². The molecule has 1 aliphatic heterocycles. The Morgan fingerprint density at radius 1 is 1.33 bits per heavy atom. The molecule has 0 spiro atoms. The molecule has 2 heterocycles. The van der Waals surface area contributed by atoms with Crippen LogP contribution in [0, 0.1) is 6.92 Å². The third-order valence-corrected chi connectivity index (χ3v) is 3.78. The Balaban J connectivity index is 1.99. The molecule has 3 nitrogen and oxygen atoms in total. The molecule has 0 radical (unpaired) electrons. The van der Waals surface area contributed by atoms with Crippen LogP contribution in [0.25, 0.3) is 10.9 Å². The first-order chi connectivity index (χ1) is 8.78. The second-order valence-corrected chi connectivity index (χ2v) is 5.04. The highest BCUT2D eigenvalue weighted by Gasteiger charge is 2.23. The predicted octanol–water partition coefficient (Wildman–Crippen LogP) is 2.34. The van der Waals surface area contributed by atoms with E-state index < -0.39 is 0 Å². The van der Waals surface area contributed by atoms with Crippen LogP contribution in [-0.2, 0) is 0 Å². The Labute approximate surface area is 108 Å². The van der Waals surface area contributed by atoms with Gasteiger partial charge in [-0.1, -0.05) is 18.2 Å². The van der Waals surface area contributed by atoms with Crippen molar-refractivity contribution in [3.05, 3.63) is 35.9 Å². The maximum atomic E-state index is 4.82. The fourth-order valence-corrected chi connectivity index (χ4v) is 2.72. The van der Waals surface area contributed by atoms with E-state index in [1.807, 2.05) is 7.05 Å². The first-order valence-electron chi connectivity index (χ1n) is 6.56. The molecule has 0 aliphatic carbocycles. The molecule has 1 N–H and O–H groups in total. The molecule has 0 saturated carbocycles. The Kier molecular flexibility index (Phi) is 2.92. The van der Waals surface area contributed by atoms with Gasteiger partial charge in [0.2, 0.25) is 0 Å². The lowest BCUT2D eigenvalue weighted by atomic mass is 10.1. The highest BCUT2D eigenvalue weighted by Crippen LogP contribution is 2.25. The van der Waals surface area contributed by atoms with E-state index in [0.29, 0.717) is 6.04 Å². The molecule has 18 heavy (non-hydrogen) atoms. The molecule has 1 aliphatic rings. The molecular formula is C15H19N3. The van der Waals surface area contributed by atoms with Crippen LogP contribution < -0.4 is 10.2 Å². The fourth-order valence-electron chi connectivity index (χ4n) is 2.72. The zero-order chi connectivity index (χ0) is 12.5. The number of nitrogens with zero attached hydrogens (tertiary/aromatic N) is 2. The Hall–Kier alpha value is -1.61. The summed E-state index contributed by atoms with van der Waals surface area (Å²) in [7, 11) is 2.04. The number of nitrogens with one attached hydrogen (secondary N) is 1. The lowest BCUT2D eigenvalue weighted by Crippen LogP contribution is -2.30. The molecular weight excluding hydrogens is 222 g/mol. The number of para-hydroxylation sites is 1. The van der Waals surface area contributed by atoms with E-state index in [4.69, 9.17) is 4.98 Å². The van der Waals surface area contributed by atoms with Gasteiger partial charge in [-0.05, 0) is 38.1 Å². The third-order valence-electron chi connectivity index (χ3n) is 3.78. The van der Waals surface area contributed by atoms with Gasteiger partial charge < -0.3 is 10.2 Å². The van der Waals surface area contributed by atoms with Crippen LogP contribution in [0.3, 0.4) is 0 Å². The molecule has 1 unspecified atom stereocenters. The van der Waals surface area contributed by atoms with Crippen LogP contribution in [0.2, 0.25) is 0 Å². The molecule has 2 aromatic rings. The lowest BCUT2D eigenvalue weighted by molar-refractivity contribution is 0.616. The van der Waals surface area contributed by atoms with Gasteiger partial charge in [-0.3, -0.25) is 0 Å². The number of hydrogen-bond acceptors (Lipinski definition) is 3. The highest BCUT2D eigenvalue weighted by atomic mass is 15.2. The zero-order valence-electron chi connectivity index (χ0n) is 11.0. The Morgan fingerprint density at radius 3 is 2.94 bits per heavy atom. The summed E-state index contributed by atoms with van der Waals surface area (Å²) in [6.45, 7) is 4.31. The van der Waals surface area contributed by atoms with Crippen molar-refractivity contribution in [1.82, 2.24) is 10.3 Å². The molecule has 3 heteroatoms. The van der Waals surface area contributed by atoms with Crippen LogP contribution in [0.5, 0.6) is 0 Å². The van der Waals surface area contributed by atoms with E-state index >= 15 is 0 Å². The standard InChI is InChI=1S/C15H19N3/c1-11-9-12-5-3-4-6-14(12)17-15(11)18-8-7-13(10-18)16-2/h3-6,9,13,16H,7-8,10H2,1-2H3. The maximum absolute atomic E-state index is 4.82. The van der Waals surface area contributed by atoms with Crippen LogP contribution in [-0.4, -0.2) is 31.2 Å². The van der Waals surface area contributed by atoms with Gasteiger partial charge in [-0.15, -0.1) is 0 Å². The van der Waals surface area contributed by atoms with Crippen molar-refractivity contribution in [2.75, 3.05) is 25.0 Å². The van der Waals surface area contributed by atoms with Crippen molar-refractivity contribution in [3.63, 3.8) is 0 Å². The van der Waals surface area contributed by atoms with E-state index in [2.05, 4.69) is 47.5 Å². The monoisotopic (exact) mass is 241 g/mol. The summed E-state index contributed by atoms with van der Waals surface area (Å²) >= 11 is 0. The number of anilines is 1. The summed E-state index contributed by atoms with van der Waals surface area (Å²) < 4.78 is 0. The summed E-state index contributed by atoms with van der Waals surface area (Å²) in [6.07, 6.45) is 1.20. The Bertz CT molecular complexity index is 565. The maximum Gasteiger partial charge on any atom is 0.132 e. The summed E-state index contributed by atoms with van der Waals surface area (Å²) in [6, 6.07) is 11.2. The molecule has 0 bridgehead atoms. The first-order valence-corrected chi connectivity index (χ1v) is 6.56. The molecule has 3 rings (SSSR count). The van der Waals surface area contributed by atoms with E-state index in [1.165, 1.54) is 17.4 Å². The minimum atomic E-state index is 0.595. The molecule has 1 fully saturated rings. The van der Waals surface area contributed by atoms with Crippen molar-refractivity contribution in [3.8, 4) is 0 Å². The van der Waals surface area contributed by atoms with Crippen LogP contribution in [0.15, 0.2) is 30.3 Å². The largest absolute Gasteiger partial charge is 0.355 e. The van der Waals surface area contributed by atoms with E-state index in [0.717, 1.165) is 24.4 Å². The molecule has 1 aromatic carbocycles. The van der Waals surface area contributed by atoms with E-state index in [-0.39, 0.29) is 0 Å². The van der Waals surface area contributed by atoms with Gasteiger partial charge in [0.15, 0.2) is 0 Å². The smallest absolute Gasteiger partial charge is 0.132 e. The van der Waals surface area contributed by atoms with Gasteiger partial charge in [-0.25, -0.2) is 4.98 Å². The van der Waals surface area contributed by atoms with Gasteiger partial charge in [-0.2, -0.15) is 0 Å². The van der Waals surface area contributed by atoms with Gasteiger partial charge in [0, 0.05) is 24.5 Å². The minimum Gasteiger partial charge on any atom is -0.355 e. The summed E-state index contributed by atoms with van der Waals surface area (Å²) in [5.41, 5.74) is 2.36. The molecule has 1 saturated heterocycles. The van der Waals surface area contributed by atoms with Gasteiger partial charge >= 0.3 is 0 Å². The van der Waals surface area contributed by atoms with Crippen LogP contribution in [0.4, 0.5) is 5.82 Å². The van der Waals surface area contributed by atoms with Crippen molar-refractivity contribution in [2.24, 2.45) is 0 Å². The van der Waals surface area contributed by atoms with E-state index in [1.54, 1.807) is 0 Å². The predicted molar refractivity (Wildman–Crippen MR) is 76.2 cm³/mol. The Morgan fingerprint density at radius 2 is 2.17 bits per heavy atom. The second-order valence-electron chi connectivity index (χ2n) is 5.04. The summed E-state index contributed by atoms with van der Waals surface area (Å²) in [5, 5.41) is 4.58. The second kappa shape index (κ2) is 4.58. The number of likely N-dealkylation sites (N-methyl/N-ethyl adjacent to an activating group) is 1. The number of rotatable bonds is 2. The third kappa shape index (κ3) is 1.95. The number of aryl methyl sites for hydroxylation is 1. The van der Waals surface area contributed by atoms with Gasteiger partial charge in [0.25, 0.3) is 0 Å². The zero-order valence-corrected chi connectivity index (χ0v) is 11.0. The number of aromatic nitrogens is 1.